The number of anilines is 1. The summed E-state index contributed by atoms with van der Waals surface area (Å²) in [4.78, 5) is 37.8. The highest BCUT2D eigenvalue weighted by atomic mass is 32.2. The third kappa shape index (κ3) is 4.34. The van der Waals surface area contributed by atoms with Gasteiger partial charge < -0.3 is 14.8 Å². The van der Waals surface area contributed by atoms with Crippen LogP contribution in [0, 0.1) is 0 Å². The van der Waals surface area contributed by atoms with Gasteiger partial charge in [0.15, 0.2) is 11.6 Å². The molecule has 6 rings (SSSR count). The fraction of sp³-hybridized carbons (Fsp3) is 0.167. The molecule has 1 unspecified atom stereocenters. The number of Topliss-reactive ketones (excluding diaryl/α,β-unsaturated/α-hetero) is 2. The zero-order chi connectivity index (χ0) is 27.3. The molecular weight excluding hydrogens is 516 g/mol. The molecule has 196 valence electrons. The van der Waals surface area contributed by atoms with Crippen molar-refractivity contribution < 1.29 is 27.0 Å². The van der Waals surface area contributed by atoms with Crippen molar-refractivity contribution in [2.75, 3.05) is 5.32 Å². The molecule has 2 aliphatic carbocycles. The van der Waals surface area contributed by atoms with Gasteiger partial charge in [0.1, 0.15) is 10.6 Å². The van der Waals surface area contributed by atoms with Crippen molar-refractivity contribution in [1.29, 1.82) is 0 Å². The molecule has 3 aromatic rings. The molecule has 0 saturated heterocycles. The first kappa shape index (κ1) is 24.8. The van der Waals surface area contributed by atoms with E-state index in [0.717, 1.165) is 23.4 Å². The van der Waals surface area contributed by atoms with Crippen molar-refractivity contribution in [1.82, 2.24) is 5.32 Å². The van der Waals surface area contributed by atoms with Crippen molar-refractivity contribution in [3.63, 3.8) is 0 Å². The first-order valence-corrected chi connectivity index (χ1v) is 14.0. The SMILES string of the molecule is CC(=O)Nc1ccc(S(=O)(=O)Oc2ccc(C3C4=C(CCCC4=O)NC4=C3C(=O)c3ccccc34)cc2)cc1. The Morgan fingerprint density at radius 2 is 1.59 bits per heavy atom. The summed E-state index contributed by atoms with van der Waals surface area (Å²) in [5, 5.41) is 5.98. The van der Waals surface area contributed by atoms with Crippen molar-refractivity contribution in [2.45, 2.75) is 37.0 Å². The van der Waals surface area contributed by atoms with Crippen molar-refractivity contribution in [3.8, 4) is 5.75 Å². The molecular formula is C30H24N2O6S. The smallest absolute Gasteiger partial charge is 0.339 e. The highest BCUT2D eigenvalue weighted by Gasteiger charge is 2.43. The standard InChI is InChI=1S/C30H24N2O6S/c1-17(33)31-19-11-15-21(16-12-19)39(36,37)38-20-13-9-18(10-14-20)26-27-24(7-4-8-25(27)34)32-29-22-5-2-3-6-23(22)30(35)28(26)29/h2-3,5-6,9-16,26,32H,4,7-8H2,1H3,(H,31,33). The Morgan fingerprint density at radius 3 is 2.28 bits per heavy atom. The van der Waals surface area contributed by atoms with E-state index in [4.69, 9.17) is 4.18 Å². The van der Waals surface area contributed by atoms with Crippen LogP contribution in [-0.4, -0.2) is 25.9 Å². The lowest BCUT2D eigenvalue weighted by Gasteiger charge is -2.33. The quantitative estimate of drug-likeness (QED) is 0.450. The number of fused-ring (bicyclic) bond motifs is 2. The molecule has 1 atom stereocenters. The summed E-state index contributed by atoms with van der Waals surface area (Å²) in [5.41, 5.74) is 5.30. The lowest BCUT2D eigenvalue weighted by Crippen LogP contribution is -2.31. The summed E-state index contributed by atoms with van der Waals surface area (Å²) >= 11 is 0. The topological polar surface area (TPSA) is 119 Å². The predicted octanol–water partition coefficient (Wildman–Crippen LogP) is 4.71. The van der Waals surface area contributed by atoms with Crippen LogP contribution < -0.4 is 14.8 Å². The first-order chi connectivity index (χ1) is 18.7. The molecule has 0 aromatic heterocycles. The molecule has 39 heavy (non-hydrogen) atoms. The van der Waals surface area contributed by atoms with Gasteiger partial charge in [-0.25, -0.2) is 0 Å². The van der Waals surface area contributed by atoms with Gasteiger partial charge in [-0.2, -0.15) is 8.42 Å². The molecule has 8 nitrogen and oxygen atoms in total. The molecule has 1 heterocycles. The third-order valence-electron chi connectivity index (χ3n) is 7.15. The van der Waals surface area contributed by atoms with Crippen molar-refractivity contribution in [2.24, 2.45) is 0 Å². The van der Waals surface area contributed by atoms with Crippen LogP contribution in [0.4, 0.5) is 5.69 Å². The van der Waals surface area contributed by atoms with E-state index in [-0.39, 0.29) is 28.1 Å². The highest BCUT2D eigenvalue weighted by molar-refractivity contribution is 7.87. The summed E-state index contributed by atoms with van der Waals surface area (Å²) in [5.74, 6) is -0.836. The van der Waals surface area contributed by atoms with Crippen molar-refractivity contribution in [3.05, 3.63) is 106 Å². The summed E-state index contributed by atoms with van der Waals surface area (Å²) < 4.78 is 31.0. The summed E-state index contributed by atoms with van der Waals surface area (Å²) in [6.45, 7) is 1.36. The largest absolute Gasteiger partial charge is 0.379 e. The van der Waals surface area contributed by atoms with E-state index in [1.54, 1.807) is 18.2 Å². The number of amides is 1. The lowest BCUT2D eigenvalue weighted by atomic mass is 9.75. The lowest BCUT2D eigenvalue weighted by molar-refractivity contribution is -0.116. The number of benzene rings is 3. The zero-order valence-corrected chi connectivity index (χ0v) is 21.8. The number of hydrogen-bond donors (Lipinski definition) is 2. The normalized spacial score (nSPS) is 18.2. The van der Waals surface area contributed by atoms with Gasteiger partial charge in [0.05, 0.1) is 5.70 Å². The number of nitrogens with one attached hydrogen (secondary N) is 2. The van der Waals surface area contributed by atoms with Gasteiger partial charge in [-0.1, -0.05) is 36.4 Å². The number of hydrogen-bond acceptors (Lipinski definition) is 7. The molecule has 1 amide bonds. The Balaban J connectivity index is 1.32. The van der Waals surface area contributed by atoms with E-state index in [2.05, 4.69) is 10.6 Å². The second kappa shape index (κ2) is 9.36. The predicted molar refractivity (Wildman–Crippen MR) is 144 cm³/mol. The summed E-state index contributed by atoms with van der Waals surface area (Å²) in [6, 6.07) is 19.5. The maximum Gasteiger partial charge on any atom is 0.339 e. The maximum absolute atomic E-state index is 13.5. The van der Waals surface area contributed by atoms with E-state index in [1.165, 1.54) is 43.3 Å². The van der Waals surface area contributed by atoms with Crippen LogP contribution in [0.3, 0.4) is 0 Å². The second-order valence-corrected chi connectivity index (χ2v) is 11.2. The monoisotopic (exact) mass is 540 g/mol. The van der Waals surface area contributed by atoms with Crippen LogP contribution in [0.5, 0.6) is 5.75 Å². The number of allylic oxidation sites excluding steroid dienone is 3. The van der Waals surface area contributed by atoms with E-state index in [1.807, 2.05) is 18.2 Å². The average Bonchev–Trinajstić information content (AvgIpc) is 3.20. The van der Waals surface area contributed by atoms with E-state index in [0.29, 0.717) is 40.8 Å². The van der Waals surface area contributed by atoms with Gasteiger partial charge in [0.2, 0.25) is 5.91 Å². The van der Waals surface area contributed by atoms with Crippen LogP contribution in [0.2, 0.25) is 0 Å². The van der Waals surface area contributed by atoms with Gasteiger partial charge in [0.25, 0.3) is 0 Å². The average molecular weight is 541 g/mol. The summed E-state index contributed by atoms with van der Waals surface area (Å²) in [7, 11) is -4.13. The number of carbonyl (C=O) groups excluding carboxylic acids is 3. The Labute approximate surface area is 225 Å². The fourth-order valence-electron chi connectivity index (χ4n) is 5.47. The van der Waals surface area contributed by atoms with Crippen LogP contribution >= 0.6 is 0 Å². The van der Waals surface area contributed by atoms with E-state index >= 15 is 0 Å². The van der Waals surface area contributed by atoms with Gasteiger partial charge >= 0.3 is 10.1 Å². The van der Waals surface area contributed by atoms with Crippen LogP contribution in [-0.2, 0) is 19.7 Å². The van der Waals surface area contributed by atoms with Crippen LogP contribution in [0.25, 0.3) is 5.70 Å². The fourth-order valence-corrected chi connectivity index (χ4v) is 6.40. The van der Waals surface area contributed by atoms with Gasteiger partial charge in [-0.15, -0.1) is 0 Å². The molecule has 0 radical (unpaired) electrons. The molecule has 0 saturated carbocycles. The Kier molecular flexibility index (Phi) is 5.95. The minimum Gasteiger partial charge on any atom is -0.379 e. The van der Waals surface area contributed by atoms with Gasteiger partial charge in [-0.05, 0) is 54.8 Å². The van der Waals surface area contributed by atoms with E-state index < -0.39 is 16.0 Å². The summed E-state index contributed by atoms with van der Waals surface area (Å²) in [6.07, 6.45) is 1.87. The van der Waals surface area contributed by atoms with Gasteiger partial charge in [0, 0.05) is 52.9 Å². The molecule has 1 aliphatic heterocycles. The van der Waals surface area contributed by atoms with E-state index in [9.17, 15) is 22.8 Å². The molecule has 2 N–H and O–H groups in total. The minimum absolute atomic E-state index is 0.00895. The first-order valence-electron chi connectivity index (χ1n) is 12.6. The maximum atomic E-state index is 13.5. The Hall–Kier alpha value is -4.50. The molecule has 3 aliphatic rings. The Bertz CT molecular complexity index is 1720. The molecule has 0 spiro atoms. The number of carbonyl (C=O) groups is 3. The molecule has 9 heteroatoms. The molecule has 0 bridgehead atoms. The van der Waals surface area contributed by atoms with Gasteiger partial charge in [-0.3, -0.25) is 14.4 Å². The third-order valence-corrected chi connectivity index (χ3v) is 8.41. The number of dihydropyridines is 1. The highest BCUT2D eigenvalue weighted by Crippen LogP contribution is 2.48. The molecule has 3 aromatic carbocycles. The van der Waals surface area contributed by atoms with Crippen LogP contribution in [0.15, 0.2) is 94.5 Å². The van der Waals surface area contributed by atoms with Crippen molar-refractivity contribution >= 4 is 39.0 Å². The number of ketones is 2. The Morgan fingerprint density at radius 1 is 0.897 bits per heavy atom. The number of rotatable bonds is 5. The minimum atomic E-state index is -4.13. The molecule has 0 fully saturated rings. The van der Waals surface area contributed by atoms with Crippen LogP contribution in [0.1, 0.15) is 53.6 Å². The second-order valence-electron chi connectivity index (χ2n) is 9.70. The zero-order valence-electron chi connectivity index (χ0n) is 21.0.